The number of allylic oxidation sites excluding steroid dienone is 8. The van der Waals surface area contributed by atoms with Crippen molar-refractivity contribution >= 4 is 13.8 Å². The second-order valence-corrected chi connectivity index (χ2v) is 16.1. The van der Waals surface area contributed by atoms with Crippen molar-refractivity contribution in [2.45, 2.75) is 200 Å². The minimum atomic E-state index is -4.29. The van der Waals surface area contributed by atoms with E-state index in [0.29, 0.717) is 6.61 Å². The van der Waals surface area contributed by atoms with E-state index in [1.165, 1.54) is 116 Å². The molecule has 0 spiro atoms. The number of ether oxygens (including phenoxy) is 2. The standard InChI is InChI=1S/C45H84NO7P/c1-3-5-7-9-11-13-15-17-19-20-21-22-23-25-27-29-31-33-35-37-40-50-42-44(43-52-54(48,49)51-41-39-46)53-45(47)38-36-34-32-30-28-26-24-18-16-14-12-10-8-6-4-2/h18,20-24,26,28,44H,3-17,19,25,27,29-43,46H2,1-2H3,(H,48,49)/b21-20+,23-22+,24-18-,28-26+/t44-/m1/s1. The Morgan fingerprint density at radius 2 is 0.963 bits per heavy atom. The predicted molar refractivity (Wildman–Crippen MR) is 229 cm³/mol. The number of carbonyl (C=O) groups is 1. The van der Waals surface area contributed by atoms with Gasteiger partial charge in [0.2, 0.25) is 0 Å². The summed E-state index contributed by atoms with van der Waals surface area (Å²) in [7, 11) is -4.29. The number of unbranched alkanes of at least 4 members (excludes halogenated alkanes) is 23. The summed E-state index contributed by atoms with van der Waals surface area (Å²) in [5.41, 5.74) is 5.37. The van der Waals surface area contributed by atoms with Crippen molar-refractivity contribution in [1.29, 1.82) is 0 Å². The fraction of sp³-hybridized carbons (Fsp3) is 0.800. The molecule has 0 rings (SSSR count). The molecule has 0 radical (unpaired) electrons. The molecule has 54 heavy (non-hydrogen) atoms. The van der Waals surface area contributed by atoms with Crippen LogP contribution in [-0.4, -0.2) is 49.9 Å². The molecule has 0 bridgehead atoms. The third-order valence-electron chi connectivity index (χ3n) is 9.27. The lowest BCUT2D eigenvalue weighted by Gasteiger charge is -2.20. The molecule has 0 aliphatic rings. The van der Waals surface area contributed by atoms with Crippen LogP contribution >= 0.6 is 7.82 Å². The van der Waals surface area contributed by atoms with Gasteiger partial charge in [0.1, 0.15) is 6.10 Å². The largest absolute Gasteiger partial charge is 0.472 e. The zero-order chi connectivity index (χ0) is 39.5. The van der Waals surface area contributed by atoms with E-state index in [9.17, 15) is 14.3 Å². The highest BCUT2D eigenvalue weighted by atomic mass is 31.2. The lowest BCUT2D eigenvalue weighted by molar-refractivity contribution is -0.154. The molecule has 316 valence electrons. The first-order valence-electron chi connectivity index (χ1n) is 22.2. The Balaban J connectivity index is 4.08. The first-order valence-corrected chi connectivity index (χ1v) is 23.7. The zero-order valence-electron chi connectivity index (χ0n) is 35.0. The van der Waals surface area contributed by atoms with Crippen LogP contribution in [0.3, 0.4) is 0 Å². The van der Waals surface area contributed by atoms with E-state index in [1.807, 2.05) is 0 Å². The van der Waals surface area contributed by atoms with Gasteiger partial charge in [-0.2, -0.15) is 0 Å². The van der Waals surface area contributed by atoms with Crippen LogP contribution in [0.15, 0.2) is 48.6 Å². The number of carbonyl (C=O) groups excluding carboxylic acids is 1. The maximum Gasteiger partial charge on any atom is 0.472 e. The van der Waals surface area contributed by atoms with Gasteiger partial charge in [-0.25, -0.2) is 4.57 Å². The van der Waals surface area contributed by atoms with Gasteiger partial charge in [0.05, 0.1) is 19.8 Å². The molecule has 3 N–H and O–H groups in total. The molecule has 0 aliphatic carbocycles. The van der Waals surface area contributed by atoms with Crippen molar-refractivity contribution in [1.82, 2.24) is 0 Å². The van der Waals surface area contributed by atoms with Crippen molar-refractivity contribution in [3.8, 4) is 0 Å². The number of phosphoric acid groups is 1. The first-order chi connectivity index (χ1) is 26.4. The van der Waals surface area contributed by atoms with Crippen LogP contribution < -0.4 is 5.73 Å². The average Bonchev–Trinajstić information content (AvgIpc) is 3.16. The Hall–Kier alpha value is -1.54. The van der Waals surface area contributed by atoms with Crippen molar-refractivity contribution in [3.63, 3.8) is 0 Å². The summed E-state index contributed by atoms with van der Waals surface area (Å²) in [5, 5.41) is 0. The van der Waals surface area contributed by atoms with Gasteiger partial charge in [0.25, 0.3) is 0 Å². The number of rotatable bonds is 42. The van der Waals surface area contributed by atoms with E-state index >= 15 is 0 Å². The van der Waals surface area contributed by atoms with Gasteiger partial charge in [-0.15, -0.1) is 0 Å². The van der Waals surface area contributed by atoms with E-state index in [-0.39, 0.29) is 38.8 Å². The van der Waals surface area contributed by atoms with Gasteiger partial charge in [-0.3, -0.25) is 13.8 Å². The molecule has 0 amide bonds. The molecular formula is C45H84NO7P. The molecule has 0 aromatic rings. The van der Waals surface area contributed by atoms with Crippen molar-refractivity contribution in [2.75, 3.05) is 33.0 Å². The maximum absolute atomic E-state index is 12.6. The number of esters is 1. The molecule has 1 unspecified atom stereocenters. The average molecular weight is 782 g/mol. The smallest absolute Gasteiger partial charge is 0.457 e. The lowest BCUT2D eigenvalue weighted by atomic mass is 10.1. The highest BCUT2D eigenvalue weighted by Crippen LogP contribution is 2.43. The Kier molecular flexibility index (Phi) is 41.4. The zero-order valence-corrected chi connectivity index (χ0v) is 35.8. The summed E-state index contributed by atoms with van der Waals surface area (Å²) in [6.45, 7) is 4.85. The second-order valence-electron chi connectivity index (χ2n) is 14.6. The van der Waals surface area contributed by atoms with E-state index in [2.05, 4.69) is 62.5 Å². The first kappa shape index (κ1) is 52.5. The SMILES string of the molecule is CCCCCCCC/C=C\C=C\CCCCCC(=O)O[C@H](COCCCCCCCC/C=C/C=C/CCCCCCCCCC)COP(=O)(O)OCCN. The van der Waals surface area contributed by atoms with Crippen LogP contribution in [0.2, 0.25) is 0 Å². The minimum absolute atomic E-state index is 0.0926. The van der Waals surface area contributed by atoms with Gasteiger partial charge < -0.3 is 20.1 Å². The number of phosphoric ester groups is 1. The molecule has 0 saturated carbocycles. The van der Waals surface area contributed by atoms with Crippen LogP contribution in [0.4, 0.5) is 0 Å². The van der Waals surface area contributed by atoms with E-state index in [1.54, 1.807) is 0 Å². The Labute approximate surface area is 332 Å². The Morgan fingerprint density at radius 1 is 0.556 bits per heavy atom. The predicted octanol–water partition coefficient (Wildman–Crippen LogP) is 13.2. The van der Waals surface area contributed by atoms with Crippen molar-refractivity contribution in [2.24, 2.45) is 5.73 Å². The summed E-state index contributed by atoms with van der Waals surface area (Å²) >= 11 is 0. The molecule has 9 heteroatoms. The highest BCUT2D eigenvalue weighted by molar-refractivity contribution is 7.47. The third kappa shape index (κ3) is 41.6. The van der Waals surface area contributed by atoms with E-state index < -0.39 is 13.9 Å². The van der Waals surface area contributed by atoms with Gasteiger partial charge in [0.15, 0.2) is 0 Å². The third-order valence-corrected chi connectivity index (χ3v) is 10.3. The summed E-state index contributed by atoms with van der Waals surface area (Å²) in [4.78, 5) is 22.5. The van der Waals surface area contributed by atoms with Gasteiger partial charge in [-0.1, -0.05) is 172 Å². The summed E-state index contributed by atoms with van der Waals surface area (Å²) in [5.74, 6) is -0.360. The topological polar surface area (TPSA) is 117 Å². The summed E-state index contributed by atoms with van der Waals surface area (Å²) in [6, 6.07) is 0. The molecule has 0 aromatic heterocycles. The fourth-order valence-electron chi connectivity index (χ4n) is 5.98. The van der Waals surface area contributed by atoms with E-state index in [4.69, 9.17) is 24.3 Å². The van der Waals surface area contributed by atoms with Crippen LogP contribution in [0.25, 0.3) is 0 Å². The molecule has 8 nitrogen and oxygen atoms in total. The number of nitrogens with two attached hydrogens (primary N) is 1. The quantitative estimate of drug-likeness (QED) is 0.0272. The molecule has 0 saturated heterocycles. The fourth-order valence-corrected chi connectivity index (χ4v) is 6.74. The molecule has 0 fully saturated rings. The normalized spacial score (nSPS) is 13.9. The maximum atomic E-state index is 12.6. The number of hydrogen-bond acceptors (Lipinski definition) is 7. The molecule has 0 aromatic carbocycles. The van der Waals surface area contributed by atoms with Crippen molar-refractivity contribution < 1.29 is 32.8 Å². The Morgan fingerprint density at radius 3 is 1.41 bits per heavy atom. The van der Waals surface area contributed by atoms with Crippen LogP contribution in [0.1, 0.15) is 194 Å². The van der Waals surface area contributed by atoms with Gasteiger partial charge >= 0.3 is 13.8 Å². The van der Waals surface area contributed by atoms with Crippen LogP contribution in [0.5, 0.6) is 0 Å². The van der Waals surface area contributed by atoms with Crippen LogP contribution in [0, 0.1) is 0 Å². The van der Waals surface area contributed by atoms with Crippen LogP contribution in [-0.2, 0) is 27.9 Å². The minimum Gasteiger partial charge on any atom is -0.457 e. The highest BCUT2D eigenvalue weighted by Gasteiger charge is 2.25. The monoisotopic (exact) mass is 782 g/mol. The molecule has 2 atom stereocenters. The molecular weight excluding hydrogens is 697 g/mol. The Bertz CT molecular complexity index is 968. The van der Waals surface area contributed by atoms with Gasteiger partial charge in [0, 0.05) is 19.6 Å². The second kappa shape index (κ2) is 42.6. The molecule has 0 aliphatic heterocycles. The van der Waals surface area contributed by atoms with Gasteiger partial charge in [-0.05, 0) is 64.2 Å². The summed E-state index contributed by atoms with van der Waals surface area (Å²) < 4.78 is 33.4. The lowest BCUT2D eigenvalue weighted by Crippen LogP contribution is -2.28. The number of hydrogen-bond donors (Lipinski definition) is 2. The van der Waals surface area contributed by atoms with E-state index in [0.717, 1.165) is 57.8 Å². The molecule has 0 heterocycles. The van der Waals surface area contributed by atoms with Crippen molar-refractivity contribution in [3.05, 3.63) is 48.6 Å². The summed E-state index contributed by atoms with van der Waals surface area (Å²) in [6.07, 6.45) is 49.9.